The lowest BCUT2D eigenvalue weighted by Gasteiger charge is -2.43. The molecule has 246 valence electrons. The van der Waals surface area contributed by atoms with Gasteiger partial charge in [0.15, 0.2) is 0 Å². The number of anilines is 2. The maximum atomic E-state index is 9.64. The van der Waals surface area contributed by atoms with Gasteiger partial charge in [-0.15, -0.1) is 10.2 Å². The summed E-state index contributed by atoms with van der Waals surface area (Å²) in [5.41, 5.74) is 2.63. The quantitative estimate of drug-likeness (QED) is 0.231. The minimum Gasteiger partial charge on any atom is -0.487 e. The summed E-state index contributed by atoms with van der Waals surface area (Å²) in [7, 11) is 0. The van der Waals surface area contributed by atoms with Gasteiger partial charge in [0.25, 0.3) is 5.88 Å². The number of hydrogen-bond donors (Lipinski definition) is 2. The van der Waals surface area contributed by atoms with Crippen molar-refractivity contribution < 1.29 is 19.3 Å². The monoisotopic (exact) mass is 641 g/mol. The topological polar surface area (TPSA) is 174 Å². The van der Waals surface area contributed by atoms with Crippen molar-refractivity contribution in [1.82, 2.24) is 44.9 Å². The van der Waals surface area contributed by atoms with Gasteiger partial charge in [0.2, 0.25) is 5.95 Å². The van der Waals surface area contributed by atoms with Crippen LogP contribution in [0.3, 0.4) is 0 Å². The van der Waals surface area contributed by atoms with Gasteiger partial charge in [-0.05, 0) is 73.6 Å². The third kappa shape index (κ3) is 6.90. The standard InChI is InChI=1S/C32H39N11O4/c1-21(16-41-20-36-39-40-41)47-30-12-22(2-3-23(30)13-33)24-14-34-32(35-15-24)37-29-17-42(38-31(29)46-11-10-44)25-4-6-26(7-5-25)43-27-8-9-28(43)19-45-18-27/h2-3,12,14-15,17,20-21,25-28,44H,4-11,16,18-19H2,1H3,(H,34,35,37)/t21-,25-,26-,27-,28+/m0/s1. The van der Waals surface area contributed by atoms with Gasteiger partial charge in [-0.25, -0.2) is 14.6 Å². The Morgan fingerprint density at radius 3 is 2.49 bits per heavy atom. The van der Waals surface area contributed by atoms with E-state index in [9.17, 15) is 10.4 Å². The first-order chi connectivity index (χ1) is 23.1. The summed E-state index contributed by atoms with van der Waals surface area (Å²) in [4.78, 5) is 11.8. The number of rotatable bonds is 12. The summed E-state index contributed by atoms with van der Waals surface area (Å²) < 4.78 is 21.3. The van der Waals surface area contributed by atoms with E-state index in [4.69, 9.17) is 19.3 Å². The van der Waals surface area contributed by atoms with Crippen LogP contribution in [0.2, 0.25) is 0 Å². The molecule has 4 aromatic rings. The largest absolute Gasteiger partial charge is 0.487 e. The van der Waals surface area contributed by atoms with Gasteiger partial charge in [-0.3, -0.25) is 9.58 Å². The predicted molar refractivity (Wildman–Crippen MR) is 169 cm³/mol. The van der Waals surface area contributed by atoms with E-state index in [1.54, 1.807) is 23.1 Å². The zero-order valence-corrected chi connectivity index (χ0v) is 26.4. The van der Waals surface area contributed by atoms with Crippen LogP contribution in [0, 0.1) is 11.3 Å². The van der Waals surface area contributed by atoms with Crippen molar-refractivity contribution in [3.05, 3.63) is 48.7 Å². The maximum absolute atomic E-state index is 9.64. The van der Waals surface area contributed by atoms with E-state index in [1.165, 1.54) is 19.2 Å². The molecular formula is C32H39N11O4. The summed E-state index contributed by atoms with van der Waals surface area (Å²) in [6.07, 6.45) is 13.5. The van der Waals surface area contributed by atoms with Crippen LogP contribution < -0.4 is 14.8 Å². The highest BCUT2D eigenvalue weighted by molar-refractivity contribution is 5.67. The SMILES string of the molecule is C[C@@H](Cn1cnnn1)Oc1cc(-c2cnc(Nc3cn([C@H]4CC[C@H](N5[C@@H]6CC[C@H]5COC6)CC4)nc3OCCO)nc2)ccc1C#N. The van der Waals surface area contributed by atoms with Crippen LogP contribution >= 0.6 is 0 Å². The molecule has 0 amide bonds. The maximum Gasteiger partial charge on any atom is 0.257 e. The van der Waals surface area contributed by atoms with Crippen LogP contribution in [-0.4, -0.2) is 101 Å². The van der Waals surface area contributed by atoms with E-state index in [-0.39, 0.29) is 25.4 Å². The number of aliphatic hydroxyl groups excluding tert-OH is 1. The first kappa shape index (κ1) is 31.0. The minimum absolute atomic E-state index is 0.114. The van der Waals surface area contributed by atoms with Crippen molar-refractivity contribution in [3.63, 3.8) is 0 Å². The lowest BCUT2D eigenvalue weighted by Crippen LogP contribution is -2.52. The number of hydrogen-bond acceptors (Lipinski definition) is 13. The molecule has 47 heavy (non-hydrogen) atoms. The fourth-order valence-corrected chi connectivity index (χ4v) is 7.11. The van der Waals surface area contributed by atoms with E-state index in [0.29, 0.717) is 53.5 Å². The molecule has 15 heteroatoms. The Hall–Kier alpha value is -4.65. The lowest BCUT2D eigenvalue weighted by atomic mass is 9.89. The second-order valence-electron chi connectivity index (χ2n) is 12.4. The van der Waals surface area contributed by atoms with Gasteiger partial charge in [-0.1, -0.05) is 6.07 Å². The van der Waals surface area contributed by atoms with Gasteiger partial charge in [-0.2, -0.15) is 5.26 Å². The smallest absolute Gasteiger partial charge is 0.257 e. The Balaban J connectivity index is 1.02. The van der Waals surface area contributed by atoms with Crippen molar-refractivity contribution >= 4 is 11.6 Å². The molecule has 7 rings (SSSR count). The summed E-state index contributed by atoms with van der Waals surface area (Å²) in [5, 5.41) is 38.2. The van der Waals surface area contributed by atoms with Gasteiger partial charge >= 0.3 is 0 Å². The number of tetrazole rings is 1. The number of fused-ring (bicyclic) bond motifs is 2. The van der Waals surface area contributed by atoms with Crippen molar-refractivity contribution in [2.45, 2.75) is 82.3 Å². The normalized spacial score (nSPS) is 23.3. The van der Waals surface area contributed by atoms with E-state index < -0.39 is 0 Å². The second kappa shape index (κ2) is 14.0. The van der Waals surface area contributed by atoms with Crippen LogP contribution in [0.15, 0.2) is 43.1 Å². The predicted octanol–water partition coefficient (Wildman–Crippen LogP) is 3.13. The Morgan fingerprint density at radius 1 is 1.04 bits per heavy atom. The van der Waals surface area contributed by atoms with Gasteiger partial charge in [0.05, 0.1) is 44.2 Å². The molecule has 5 heterocycles. The number of nitrogens with zero attached hydrogens (tertiary/aromatic N) is 10. The van der Waals surface area contributed by atoms with E-state index >= 15 is 0 Å². The third-order valence-electron chi connectivity index (χ3n) is 9.28. The van der Waals surface area contributed by atoms with Gasteiger partial charge < -0.3 is 24.6 Å². The van der Waals surface area contributed by atoms with Crippen molar-refractivity contribution in [3.8, 4) is 28.8 Å². The number of nitriles is 1. The van der Waals surface area contributed by atoms with E-state index in [1.807, 2.05) is 29.9 Å². The summed E-state index contributed by atoms with van der Waals surface area (Å²) in [5.74, 6) is 1.25. The summed E-state index contributed by atoms with van der Waals surface area (Å²) >= 11 is 0. The molecule has 1 aliphatic carbocycles. The average molecular weight is 642 g/mol. The zero-order chi connectivity index (χ0) is 32.2. The first-order valence-electron chi connectivity index (χ1n) is 16.3. The molecule has 2 bridgehead atoms. The molecule has 2 saturated heterocycles. The molecule has 2 aliphatic heterocycles. The number of aliphatic hydroxyl groups is 1. The molecule has 3 fully saturated rings. The molecule has 2 N–H and O–H groups in total. The number of ether oxygens (including phenoxy) is 3. The molecule has 0 spiro atoms. The van der Waals surface area contributed by atoms with E-state index in [0.717, 1.165) is 50.0 Å². The Bertz CT molecular complexity index is 1650. The highest BCUT2D eigenvalue weighted by Gasteiger charge is 2.42. The minimum atomic E-state index is -0.276. The fourth-order valence-electron chi connectivity index (χ4n) is 7.11. The zero-order valence-electron chi connectivity index (χ0n) is 26.4. The van der Waals surface area contributed by atoms with Gasteiger partial charge in [0, 0.05) is 36.1 Å². The molecule has 3 aromatic heterocycles. The van der Waals surface area contributed by atoms with Crippen LogP contribution in [-0.2, 0) is 11.3 Å². The molecule has 0 radical (unpaired) electrons. The Morgan fingerprint density at radius 2 is 1.79 bits per heavy atom. The van der Waals surface area contributed by atoms with Crippen molar-refractivity contribution in [1.29, 1.82) is 5.26 Å². The summed E-state index contributed by atoms with van der Waals surface area (Å²) in [6.45, 7) is 4.07. The van der Waals surface area contributed by atoms with Crippen LogP contribution in [0.5, 0.6) is 11.6 Å². The van der Waals surface area contributed by atoms with Crippen molar-refractivity contribution in [2.75, 3.05) is 31.7 Å². The number of morpholine rings is 1. The molecule has 15 nitrogen and oxygen atoms in total. The Kier molecular flexibility index (Phi) is 9.23. The Labute approximate surface area is 272 Å². The molecule has 1 aromatic carbocycles. The molecule has 3 atom stereocenters. The summed E-state index contributed by atoms with van der Waals surface area (Å²) in [6, 6.07) is 9.58. The van der Waals surface area contributed by atoms with E-state index in [2.05, 4.69) is 41.8 Å². The fraction of sp³-hybridized carbons (Fsp3) is 0.531. The first-order valence-corrected chi connectivity index (χ1v) is 16.3. The van der Waals surface area contributed by atoms with Crippen LogP contribution in [0.25, 0.3) is 11.1 Å². The number of aromatic nitrogens is 8. The lowest BCUT2D eigenvalue weighted by molar-refractivity contribution is -0.0458. The molecule has 0 unspecified atom stereocenters. The highest BCUT2D eigenvalue weighted by atomic mass is 16.5. The number of nitrogens with one attached hydrogen (secondary N) is 1. The van der Waals surface area contributed by atoms with Crippen LogP contribution in [0.1, 0.15) is 57.1 Å². The van der Waals surface area contributed by atoms with Gasteiger partial charge in [0.1, 0.15) is 36.5 Å². The molecule has 3 aliphatic rings. The second-order valence-corrected chi connectivity index (χ2v) is 12.4. The molecule has 1 saturated carbocycles. The third-order valence-corrected chi connectivity index (χ3v) is 9.28. The number of benzene rings is 1. The average Bonchev–Trinajstić information content (AvgIpc) is 3.82. The molecular weight excluding hydrogens is 602 g/mol. The highest BCUT2D eigenvalue weighted by Crippen LogP contribution is 2.39. The van der Waals surface area contributed by atoms with Crippen molar-refractivity contribution in [2.24, 2.45) is 0 Å². The van der Waals surface area contributed by atoms with Crippen LogP contribution in [0.4, 0.5) is 11.6 Å².